The molecule has 2 aromatic carbocycles. The van der Waals surface area contributed by atoms with E-state index in [0.717, 1.165) is 47.7 Å². The van der Waals surface area contributed by atoms with Gasteiger partial charge in [-0.3, -0.25) is 9.30 Å². The summed E-state index contributed by atoms with van der Waals surface area (Å²) < 4.78 is 8.25. The molecule has 0 spiro atoms. The van der Waals surface area contributed by atoms with Crippen LogP contribution in [-0.2, 0) is 0 Å². The highest BCUT2D eigenvalue weighted by molar-refractivity contribution is 5.87. The Morgan fingerprint density at radius 1 is 1.19 bits per heavy atom. The summed E-state index contributed by atoms with van der Waals surface area (Å²) in [6.45, 7) is 2.66. The lowest BCUT2D eigenvalue weighted by Gasteiger charge is -2.29. The molecule has 2 aromatic heterocycles. The molecule has 5 rings (SSSR count). The normalized spacial score (nSPS) is 15.9. The third-order valence-electron chi connectivity index (χ3n) is 6.79. The Morgan fingerprint density at radius 3 is 2.59 bits per heavy atom. The highest BCUT2D eigenvalue weighted by Crippen LogP contribution is 2.35. The van der Waals surface area contributed by atoms with Crippen molar-refractivity contribution in [2.24, 2.45) is 5.92 Å². The number of aromatic nitrogens is 3. The number of amides is 1. The summed E-state index contributed by atoms with van der Waals surface area (Å²) in [7, 11) is 3.64. The lowest BCUT2D eigenvalue weighted by molar-refractivity contribution is 0.148. The van der Waals surface area contributed by atoms with Gasteiger partial charge in [0, 0.05) is 48.7 Å². The Balaban J connectivity index is 1.60. The van der Waals surface area contributed by atoms with Gasteiger partial charge in [0.05, 0.1) is 29.6 Å². The van der Waals surface area contributed by atoms with Gasteiger partial charge in [-0.25, -0.2) is 14.8 Å². The number of rotatable bonds is 6. The monoisotopic (exact) mass is 496 g/mol. The summed E-state index contributed by atoms with van der Waals surface area (Å²) >= 11 is 0. The van der Waals surface area contributed by atoms with E-state index in [0.29, 0.717) is 41.0 Å². The smallest absolute Gasteiger partial charge is 0.411 e. The van der Waals surface area contributed by atoms with Crippen molar-refractivity contribution in [3.63, 3.8) is 0 Å². The molecule has 1 amide bonds. The van der Waals surface area contributed by atoms with Crippen molar-refractivity contribution in [1.29, 1.82) is 5.26 Å². The minimum absolute atomic E-state index is 0.423. The molecule has 0 unspecified atom stereocenters. The highest BCUT2D eigenvalue weighted by atomic mass is 16.5. The molecule has 1 saturated heterocycles. The second-order valence-electron chi connectivity index (χ2n) is 9.39. The molecule has 0 radical (unpaired) electrons. The van der Waals surface area contributed by atoms with Crippen LogP contribution in [0.15, 0.2) is 60.9 Å². The lowest BCUT2D eigenvalue weighted by Crippen LogP contribution is -2.34. The zero-order valence-corrected chi connectivity index (χ0v) is 20.8. The van der Waals surface area contributed by atoms with Crippen LogP contribution in [0, 0.1) is 17.2 Å². The third kappa shape index (κ3) is 4.97. The number of anilines is 1. The number of hydrogen-bond donors (Lipinski definition) is 1. The number of ether oxygens (including phenoxy) is 1. The molecule has 0 bridgehead atoms. The fourth-order valence-electron chi connectivity index (χ4n) is 4.80. The number of likely N-dealkylation sites (tertiary alicyclic amines) is 1. The standard InChI is InChI=1S/C28H28N6O3/c1-32-14-3-4-20(17-32)18-37-27-26-30-13-15-34(26)25(22-9-11-23(12-10-22)33(2)28(35)36)24(31-27)21-7-5-19(16-29)6-8-21/h5-13,15,20H,3-4,14,17-18H2,1-2H3,(H,35,36)/t20-/m1/s1. The van der Waals surface area contributed by atoms with Crippen LogP contribution in [0.4, 0.5) is 10.5 Å². The maximum Gasteiger partial charge on any atom is 0.411 e. The number of carbonyl (C=O) groups is 1. The molecule has 1 N–H and O–H groups in total. The van der Waals surface area contributed by atoms with E-state index < -0.39 is 6.09 Å². The fraction of sp³-hybridized carbons (Fsp3) is 0.286. The van der Waals surface area contributed by atoms with Gasteiger partial charge in [-0.05, 0) is 50.7 Å². The maximum absolute atomic E-state index is 11.4. The second-order valence-corrected chi connectivity index (χ2v) is 9.39. The molecule has 37 heavy (non-hydrogen) atoms. The van der Waals surface area contributed by atoms with Crippen molar-refractivity contribution in [3.05, 3.63) is 66.5 Å². The molecule has 1 fully saturated rings. The molecule has 3 heterocycles. The van der Waals surface area contributed by atoms with E-state index in [1.54, 1.807) is 30.5 Å². The third-order valence-corrected chi connectivity index (χ3v) is 6.79. The van der Waals surface area contributed by atoms with Crippen molar-refractivity contribution in [2.75, 3.05) is 38.7 Å². The molecule has 1 aliphatic heterocycles. The molecule has 188 valence electrons. The van der Waals surface area contributed by atoms with Crippen LogP contribution in [0.25, 0.3) is 28.2 Å². The van der Waals surface area contributed by atoms with Crippen LogP contribution < -0.4 is 9.64 Å². The average molecular weight is 497 g/mol. The summed E-state index contributed by atoms with van der Waals surface area (Å²) in [4.78, 5) is 24.4. The molecular formula is C28H28N6O3. The number of fused-ring (bicyclic) bond motifs is 1. The number of hydrogen-bond acceptors (Lipinski definition) is 6. The Labute approximate surface area is 215 Å². The van der Waals surface area contributed by atoms with Gasteiger partial charge in [-0.15, -0.1) is 0 Å². The first-order valence-corrected chi connectivity index (χ1v) is 12.2. The summed E-state index contributed by atoms with van der Waals surface area (Å²) in [5, 5.41) is 18.6. The largest absolute Gasteiger partial charge is 0.475 e. The first kappa shape index (κ1) is 24.3. The van der Waals surface area contributed by atoms with Gasteiger partial charge in [0.15, 0.2) is 0 Å². The molecule has 0 saturated carbocycles. The molecule has 1 atom stereocenters. The Hall–Kier alpha value is -4.42. The number of imidazole rings is 1. The minimum Gasteiger partial charge on any atom is -0.475 e. The number of nitriles is 1. The van der Waals surface area contributed by atoms with Gasteiger partial charge < -0.3 is 14.7 Å². The van der Waals surface area contributed by atoms with Crippen molar-refractivity contribution < 1.29 is 14.6 Å². The van der Waals surface area contributed by atoms with E-state index in [4.69, 9.17) is 9.72 Å². The molecule has 9 heteroatoms. The first-order chi connectivity index (χ1) is 17.9. The van der Waals surface area contributed by atoms with E-state index in [9.17, 15) is 15.2 Å². The summed E-state index contributed by atoms with van der Waals surface area (Å²) in [6, 6.07) is 16.7. The number of nitrogens with zero attached hydrogens (tertiary/aromatic N) is 6. The number of carboxylic acid groups (broad SMARTS) is 1. The molecular weight excluding hydrogens is 468 g/mol. The second kappa shape index (κ2) is 10.3. The lowest BCUT2D eigenvalue weighted by atomic mass is 10.00. The van der Waals surface area contributed by atoms with Crippen molar-refractivity contribution >= 4 is 17.4 Å². The van der Waals surface area contributed by atoms with Gasteiger partial charge in [-0.2, -0.15) is 5.26 Å². The Morgan fingerprint density at radius 2 is 1.92 bits per heavy atom. The SMILES string of the molecule is CN1CCC[C@@H](COc2nc(-c3ccc(C#N)cc3)c(-c3ccc(N(C)C(=O)O)cc3)n3ccnc23)C1. The van der Waals surface area contributed by atoms with E-state index in [1.165, 1.54) is 7.05 Å². The van der Waals surface area contributed by atoms with E-state index >= 15 is 0 Å². The zero-order valence-electron chi connectivity index (χ0n) is 20.8. The van der Waals surface area contributed by atoms with Gasteiger partial charge in [0.2, 0.25) is 5.65 Å². The van der Waals surface area contributed by atoms with Gasteiger partial charge >= 0.3 is 6.09 Å². The first-order valence-electron chi connectivity index (χ1n) is 12.2. The number of piperidine rings is 1. The quantitative estimate of drug-likeness (QED) is 0.410. The topological polar surface area (TPSA) is 107 Å². The Bertz CT molecular complexity index is 1460. The van der Waals surface area contributed by atoms with Crippen molar-refractivity contribution in [2.45, 2.75) is 12.8 Å². The average Bonchev–Trinajstić information content (AvgIpc) is 3.41. The summed E-state index contributed by atoms with van der Waals surface area (Å²) in [6.07, 6.45) is 4.83. The summed E-state index contributed by atoms with van der Waals surface area (Å²) in [5.74, 6) is 0.885. The van der Waals surface area contributed by atoms with E-state index in [-0.39, 0.29) is 0 Å². The van der Waals surface area contributed by atoms with Crippen LogP contribution in [0.1, 0.15) is 18.4 Å². The maximum atomic E-state index is 11.4. The Kier molecular flexibility index (Phi) is 6.75. The minimum atomic E-state index is -1.03. The van der Waals surface area contributed by atoms with Crippen LogP contribution >= 0.6 is 0 Å². The van der Waals surface area contributed by atoms with Crippen LogP contribution in [-0.4, -0.2) is 64.3 Å². The highest BCUT2D eigenvalue weighted by Gasteiger charge is 2.22. The zero-order chi connectivity index (χ0) is 25.9. The van der Waals surface area contributed by atoms with Gasteiger partial charge in [0.25, 0.3) is 5.88 Å². The summed E-state index contributed by atoms with van der Waals surface area (Å²) in [5.41, 5.74) is 4.90. The fourth-order valence-corrected chi connectivity index (χ4v) is 4.80. The van der Waals surface area contributed by atoms with E-state index in [2.05, 4.69) is 23.0 Å². The van der Waals surface area contributed by atoms with Crippen LogP contribution in [0.3, 0.4) is 0 Å². The van der Waals surface area contributed by atoms with Crippen molar-refractivity contribution in [3.8, 4) is 34.5 Å². The predicted octanol–water partition coefficient (Wildman–Crippen LogP) is 4.77. The van der Waals surface area contributed by atoms with Crippen LogP contribution in [0.5, 0.6) is 5.88 Å². The van der Waals surface area contributed by atoms with Gasteiger partial charge in [0.1, 0.15) is 0 Å². The molecule has 9 nitrogen and oxygen atoms in total. The van der Waals surface area contributed by atoms with E-state index in [1.807, 2.05) is 34.9 Å². The predicted molar refractivity (Wildman–Crippen MR) is 141 cm³/mol. The molecule has 1 aliphatic rings. The molecule has 4 aromatic rings. The van der Waals surface area contributed by atoms with Crippen molar-refractivity contribution in [1.82, 2.24) is 19.3 Å². The van der Waals surface area contributed by atoms with Gasteiger partial charge in [-0.1, -0.05) is 24.3 Å². The number of benzene rings is 2. The molecule has 0 aliphatic carbocycles. The van der Waals surface area contributed by atoms with Crippen LogP contribution in [0.2, 0.25) is 0 Å².